The Bertz CT molecular complexity index is 698. The molecule has 0 aliphatic rings. The summed E-state index contributed by atoms with van der Waals surface area (Å²) in [5.74, 6) is -0.624. The highest BCUT2D eigenvalue weighted by atomic mass is 79.9. The van der Waals surface area contributed by atoms with Gasteiger partial charge in [0.05, 0.1) is 19.6 Å². The summed E-state index contributed by atoms with van der Waals surface area (Å²) in [6.07, 6.45) is 3.28. The molecule has 4 nitrogen and oxygen atoms in total. The van der Waals surface area contributed by atoms with Gasteiger partial charge in [0.25, 0.3) is 0 Å². The molecule has 0 fully saturated rings. The summed E-state index contributed by atoms with van der Waals surface area (Å²) in [4.78, 5) is 24.6. The number of hydrogen-bond donors (Lipinski definition) is 1. The van der Waals surface area contributed by atoms with Crippen LogP contribution in [0.5, 0.6) is 0 Å². The van der Waals surface area contributed by atoms with E-state index in [-0.39, 0.29) is 24.3 Å². The van der Waals surface area contributed by atoms with E-state index in [2.05, 4.69) is 21.2 Å². The van der Waals surface area contributed by atoms with Crippen LogP contribution in [0.1, 0.15) is 22.9 Å². The molecule has 1 atom stereocenters. The van der Waals surface area contributed by atoms with Gasteiger partial charge < -0.3 is 10.1 Å². The lowest BCUT2D eigenvalue weighted by atomic mass is 10.1. The second-order valence-corrected chi connectivity index (χ2v) is 6.55. The molecule has 6 heteroatoms. The van der Waals surface area contributed by atoms with Crippen LogP contribution in [-0.2, 0) is 14.3 Å². The van der Waals surface area contributed by atoms with E-state index < -0.39 is 0 Å². The molecular formula is C17H16BrNO3S. The number of benzene rings is 1. The maximum absolute atomic E-state index is 12.1. The van der Waals surface area contributed by atoms with Gasteiger partial charge in [0.2, 0.25) is 5.91 Å². The molecule has 1 aromatic heterocycles. The van der Waals surface area contributed by atoms with Gasteiger partial charge >= 0.3 is 5.97 Å². The molecule has 0 saturated carbocycles. The van der Waals surface area contributed by atoms with Gasteiger partial charge in [-0.25, -0.2) is 0 Å². The number of thiophene rings is 1. The molecule has 0 saturated heterocycles. The van der Waals surface area contributed by atoms with Crippen molar-refractivity contribution in [2.45, 2.75) is 12.5 Å². The largest absolute Gasteiger partial charge is 0.469 e. The van der Waals surface area contributed by atoms with Gasteiger partial charge in [-0.2, -0.15) is 0 Å². The second-order valence-electron chi connectivity index (χ2n) is 4.71. The predicted octanol–water partition coefficient (Wildman–Crippen LogP) is 3.94. The molecule has 0 spiro atoms. The summed E-state index contributed by atoms with van der Waals surface area (Å²) in [5, 5.41) is 4.75. The van der Waals surface area contributed by atoms with E-state index in [1.807, 2.05) is 41.8 Å². The molecule has 0 radical (unpaired) electrons. The first-order chi connectivity index (χ1) is 11.1. The Labute approximate surface area is 147 Å². The monoisotopic (exact) mass is 393 g/mol. The summed E-state index contributed by atoms with van der Waals surface area (Å²) in [5.41, 5.74) is 0.906. The fourth-order valence-electron chi connectivity index (χ4n) is 1.96. The number of carbonyl (C=O) groups excluding carboxylic acids is 2. The van der Waals surface area contributed by atoms with E-state index in [1.165, 1.54) is 24.5 Å². The smallest absolute Gasteiger partial charge is 0.307 e. The Hall–Kier alpha value is -1.92. The minimum atomic E-state index is -0.390. The maximum atomic E-state index is 12.1. The van der Waals surface area contributed by atoms with E-state index in [4.69, 9.17) is 4.74 Å². The fourth-order valence-corrected chi connectivity index (χ4v) is 3.15. The summed E-state index contributed by atoms with van der Waals surface area (Å²) < 4.78 is 5.61. The number of hydrogen-bond acceptors (Lipinski definition) is 4. The number of esters is 1. The lowest BCUT2D eigenvalue weighted by Gasteiger charge is -2.15. The van der Waals surface area contributed by atoms with Crippen molar-refractivity contribution >= 4 is 45.2 Å². The Morgan fingerprint density at radius 3 is 2.74 bits per heavy atom. The summed E-state index contributed by atoms with van der Waals surface area (Å²) in [6.45, 7) is 0. The normalized spacial score (nSPS) is 12.1. The molecule has 1 amide bonds. The zero-order valence-electron chi connectivity index (χ0n) is 12.5. The SMILES string of the molecule is COC(=O)CC(NC(=O)/C=C/c1ccccc1Br)c1cccs1. The minimum Gasteiger partial charge on any atom is -0.469 e. The molecule has 0 aliphatic carbocycles. The van der Waals surface area contributed by atoms with Crippen LogP contribution in [0.3, 0.4) is 0 Å². The van der Waals surface area contributed by atoms with Gasteiger partial charge in [-0.1, -0.05) is 40.2 Å². The van der Waals surface area contributed by atoms with Crippen molar-refractivity contribution in [3.8, 4) is 0 Å². The molecule has 1 aromatic carbocycles. The fraction of sp³-hybridized carbons (Fsp3) is 0.176. The predicted molar refractivity (Wildman–Crippen MR) is 95.0 cm³/mol. The number of carbonyl (C=O) groups is 2. The lowest BCUT2D eigenvalue weighted by Crippen LogP contribution is -2.28. The first-order valence-electron chi connectivity index (χ1n) is 6.93. The average molecular weight is 394 g/mol. The van der Waals surface area contributed by atoms with Crippen molar-refractivity contribution in [1.82, 2.24) is 5.32 Å². The molecule has 2 aromatic rings. The van der Waals surface area contributed by atoms with Gasteiger partial charge in [0.1, 0.15) is 0 Å². The quantitative estimate of drug-likeness (QED) is 0.597. The standard InChI is InChI=1S/C17H16BrNO3S/c1-22-17(21)11-14(15-7-4-10-23-15)19-16(20)9-8-12-5-2-3-6-13(12)18/h2-10,14H,11H2,1H3,(H,19,20)/b9-8+. The van der Waals surface area contributed by atoms with Crippen molar-refractivity contribution < 1.29 is 14.3 Å². The van der Waals surface area contributed by atoms with E-state index in [0.29, 0.717) is 0 Å². The number of nitrogens with one attached hydrogen (secondary N) is 1. The summed E-state index contributed by atoms with van der Waals surface area (Å²) >= 11 is 4.92. The Morgan fingerprint density at radius 1 is 1.30 bits per heavy atom. The second kappa shape index (κ2) is 8.64. The molecule has 0 aliphatic heterocycles. The molecule has 2 rings (SSSR count). The molecule has 1 N–H and O–H groups in total. The van der Waals surface area contributed by atoms with E-state index >= 15 is 0 Å². The summed E-state index contributed by atoms with van der Waals surface area (Å²) in [7, 11) is 1.34. The zero-order valence-corrected chi connectivity index (χ0v) is 14.9. The molecule has 0 bridgehead atoms. The third-order valence-electron chi connectivity index (χ3n) is 3.12. The molecular weight excluding hydrogens is 378 g/mol. The van der Waals surface area contributed by atoms with Crippen molar-refractivity contribution in [2.24, 2.45) is 0 Å². The first kappa shape index (κ1) is 17.4. The Balaban J connectivity index is 2.05. The van der Waals surface area contributed by atoms with Crippen LogP contribution < -0.4 is 5.32 Å². The summed E-state index contributed by atoms with van der Waals surface area (Å²) in [6, 6.07) is 11.0. The highest BCUT2D eigenvalue weighted by molar-refractivity contribution is 9.10. The Kier molecular flexibility index (Phi) is 6.55. The van der Waals surface area contributed by atoms with Gasteiger partial charge in [-0.05, 0) is 29.2 Å². The third-order valence-corrected chi connectivity index (χ3v) is 4.83. The van der Waals surface area contributed by atoms with Gasteiger partial charge in [-0.15, -0.1) is 11.3 Å². The van der Waals surface area contributed by atoms with Crippen LogP contribution in [0, 0.1) is 0 Å². The number of halogens is 1. The maximum Gasteiger partial charge on any atom is 0.307 e. The van der Waals surface area contributed by atoms with Crippen LogP contribution >= 0.6 is 27.3 Å². The van der Waals surface area contributed by atoms with Gasteiger partial charge in [-0.3, -0.25) is 9.59 Å². The van der Waals surface area contributed by atoms with Crippen LogP contribution in [0.15, 0.2) is 52.3 Å². The first-order valence-corrected chi connectivity index (χ1v) is 8.60. The third kappa shape index (κ3) is 5.33. The van der Waals surface area contributed by atoms with Gasteiger partial charge in [0.15, 0.2) is 0 Å². The van der Waals surface area contributed by atoms with Crippen molar-refractivity contribution in [1.29, 1.82) is 0 Å². The Morgan fingerprint density at radius 2 is 2.09 bits per heavy atom. The molecule has 120 valence electrons. The van der Waals surface area contributed by atoms with E-state index in [9.17, 15) is 9.59 Å². The number of rotatable bonds is 6. The van der Waals surface area contributed by atoms with E-state index in [0.717, 1.165) is 14.9 Å². The highest BCUT2D eigenvalue weighted by Gasteiger charge is 2.18. The topological polar surface area (TPSA) is 55.4 Å². The average Bonchev–Trinajstić information content (AvgIpc) is 3.07. The van der Waals surface area contributed by atoms with Crippen LogP contribution in [0.25, 0.3) is 6.08 Å². The lowest BCUT2D eigenvalue weighted by molar-refractivity contribution is -0.141. The highest BCUT2D eigenvalue weighted by Crippen LogP contribution is 2.22. The molecule has 1 heterocycles. The van der Waals surface area contributed by atoms with Crippen molar-refractivity contribution in [2.75, 3.05) is 7.11 Å². The van der Waals surface area contributed by atoms with Crippen molar-refractivity contribution in [3.05, 3.63) is 62.8 Å². The van der Waals surface area contributed by atoms with E-state index in [1.54, 1.807) is 6.08 Å². The number of amides is 1. The number of ether oxygens (including phenoxy) is 1. The zero-order chi connectivity index (χ0) is 16.7. The molecule has 23 heavy (non-hydrogen) atoms. The van der Waals surface area contributed by atoms with Crippen LogP contribution in [-0.4, -0.2) is 19.0 Å². The number of methoxy groups -OCH3 is 1. The van der Waals surface area contributed by atoms with Crippen LogP contribution in [0.4, 0.5) is 0 Å². The van der Waals surface area contributed by atoms with Gasteiger partial charge in [0, 0.05) is 15.4 Å². The molecule has 1 unspecified atom stereocenters. The van der Waals surface area contributed by atoms with Crippen LogP contribution in [0.2, 0.25) is 0 Å². The minimum absolute atomic E-state index is 0.103. The van der Waals surface area contributed by atoms with Crippen molar-refractivity contribution in [3.63, 3.8) is 0 Å².